The second-order valence-corrected chi connectivity index (χ2v) is 11.1. The summed E-state index contributed by atoms with van der Waals surface area (Å²) in [6.07, 6.45) is 14.1. The first kappa shape index (κ1) is 26.1. The number of benzene rings is 1. The van der Waals surface area contributed by atoms with Crippen molar-refractivity contribution in [3.05, 3.63) is 59.7 Å². The van der Waals surface area contributed by atoms with Crippen LogP contribution in [0.15, 0.2) is 31.4 Å². The summed E-state index contributed by atoms with van der Waals surface area (Å²) < 4.78 is 51.9. The minimum atomic E-state index is -5.21. The van der Waals surface area contributed by atoms with Gasteiger partial charge >= 0.3 is 7.82 Å². The maximum absolute atomic E-state index is 15.9. The van der Waals surface area contributed by atoms with Gasteiger partial charge in [-0.15, -0.1) is 0 Å². The molecule has 0 bridgehead atoms. The molecule has 0 amide bonds. The van der Waals surface area contributed by atoms with Crippen LogP contribution in [0.1, 0.15) is 92.9 Å². The Morgan fingerprint density at radius 3 is 2.19 bits per heavy atom. The minimum Gasteiger partial charge on any atom is -0.303 e. The summed E-state index contributed by atoms with van der Waals surface area (Å²) in [6.45, 7) is -0.273. The van der Waals surface area contributed by atoms with E-state index in [2.05, 4.69) is 20.2 Å². The molecular weight excluding hydrogens is 505 g/mol. The molecule has 1 aromatic carbocycles. The molecule has 0 radical (unpaired) electrons. The molecule has 2 heterocycles. The first-order valence-corrected chi connectivity index (χ1v) is 14.3. The summed E-state index contributed by atoms with van der Waals surface area (Å²) in [7, 11) is -5.21. The largest absolute Gasteiger partial charge is 0.470 e. The lowest BCUT2D eigenvalue weighted by Gasteiger charge is -2.41. The Hall–Kier alpha value is -2.53. The van der Waals surface area contributed by atoms with Crippen LogP contribution in [0.5, 0.6) is 0 Å². The first-order valence-electron chi connectivity index (χ1n) is 12.8. The summed E-state index contributed by atoms with van der Waals surface area (Å²) in [5, 5.41) is 8.40. The van der Waals surface area contributed by atoms with Crippen LogP contribution in [-0.2, 0) is 21.2 Å². The summed E-state index contributed by atoms with van der Waals surface area (Å²) in [5.74, 6) is -1.90. The van der Waals surface area contributed by atoms with Crippen molar-refractivity contribution in [1.82, 2.24) is 29.5 Å². The lowest BCUT2D eigenvalue weighted by Crippen LogP contribution is -2.44. The van der Waals surface area contributed by atoms with Gasteiger partial charge in [0.05, 0.1) is 12.6 Å². The summed E-state index contributed by atoms with van der Waals surface area (Å²) >= 11 is 0. The average molecular weight is 537 g/mol. The number of phosphoric ester groups is 1. The molecule has 0 spiro atoms. The Labute approximate surface area is 213 Å². The van der Waals surface area contributed by atoms with E-state index in [1.54, 1.807) is 0 Å². The van der Waals surface area contributed by atoms with Crippen LogP contribution >= 0.6 is 7.82 Å². The fraction of sp³-hybridized carbons (Fsp3) is 0.583. The van der Waals surface area contributed by atoms with E-state index in [9.17, 15) is 18.7 Å². The van der Waals surface area contributed by atoms with Gasteiger partial charge in [0.25, 0.3) is 0 Å². The predicted molar refractivity (Wildman–Crippen MR) is 128 cm³/mol. The molecular formula is C24H31F2N6O4P. The molecule has 3 unspecified atom stereocenters. The Kier molecular flexibility index (Phi) is 7.53. The molecule has 2 aliphatic rings. The van der Waals surface area contributed by atoms with Crippen molar-refractivity contribution in [3.63, 3.8) is 0 Å². The Balaban J connectivity index is 1.73. The molecule has 3 atom stereocenters. The van der Waals surface area contributed by atoms with E-state index in [4.69, 9.17) is 4.52 Å². The number of hydrogen-bond acceptors (Lipinski definition) is 6. The first-order chi connectivity index (χ1) is 17.8. The van der Waals surface area contributed by atoms with E-state index in [0.717, 1.165) is 51.0 Å². The zero-order valence-electron chi connectivity index (χ0n) is 20.4. The number of rotatable bonds is 5. The van der Waals surface area contributed by atoms with E-state index < -0.39 is 31.1 Å². The number of fused-ring (bicyclic) bond motifs is 1. The number of hydrogen-bond donors (Lipinski definition) is 2. The number of nitrogens with zero attached hydrogens (tertiary/aromatic N) is 6. The van der Waals surface area contributed by atoms with Gasteiger partial charge in [0, 0.05) is 17.5 Å². The number of aromatic nitrogens is 6. The molecule has 5 rings (SSSR count). The van der Waals surface area contributed by atoms with Gasteiger partial charge in [-0.3, -0.25) is 4.52 Å². The summed E-state index contributed by atoms with van der Waals surface area (Å²) in [4.78, 5) is 28.3. The van der Waals surface area contributed by atoms with E-state index in [1.165, 1.54) is 34.7 Å². The molecule has 0 saturated carbocycles. The van der Waals surface area contributed by atoms with E-state index in [-0.39, 0.29) is 18.0 Å². The van der Waals surface area contributed by atoms with Gasteiger partial charge in [0.2, 0.25) is 0 Å². The van der Waals surface area contributed by atoms with Crippen LogP contribution in [-0.4, -0.2) is 39.3 Å². The van der Waals surface area contributed by atoms with Crippen molar-refractivity contribution in [2.24, 2.45) is 0 Å². The van der Waals surface area contributed by atoms with E-state index >= 15 is 4.39 Å². The SMILES string of the molecule is O=P(O)(O)OC1(Cn2cncn2)c2c(F)cc(F)c3c2C3CCCCCCCCCCC1n1cncn1. The highest BCUT2D eigenvalue weighted by Gasteiger charge is 2.55. The van der Waals surface area contributed by atoms with Crippen molar-refractivity contribution in [1.29, 1.82) is 0 Å². The molecule has 37 heavy (non-hydrogen) atoms. The zero-order chi connectivity index (χ0) is 26.0. The predicted octanol–water partition coefficient (Wildman–Crippen LogP) is 4.75. The lowest BCUT2D eigenvalue weighted by molar-refractivity contribution is -0.0432. The molecule has 0 saturated heterocycles. The molecule has 200 valence electrons. The molecule has 0 aliphatic heterocycles. The third-order valence-electron chi connectivity index (χ3n) is 7.51. The van der Waals surface area contributed by atoms with Crippen LogP contribution < -0.4 is 0 Å². The van der Waals surface area contributed by atoms with E-state index in [0.29, 0.717) is 30.4 Å². The number of phosphoric acid groups is 1. The molecule has 2 aromatic heterocycles. The van der Waals surface area contributed by atoms with Gasteiger partial charge in [0.1, 0.15) is 42.5 Å². The van der Waals surface area contributed by atoms with Crippen molar-refractivity contribution >= 4 is 7.82 Å². The van der Waals surface area contributed by atoms with Gasteiger partial charge in [-0.25, -0.2) is 32.7 Å². The maximum atomic E-state index is 15.9. The summed E-state index contributed by atoms with van der Waals surface area (Å²) in [5.41, 5.74) is -1.22. The van der Waals surface area contributed by atoms with Crippen LogP contribution in [0.2, 0.25) is 0 Å². The number of halogens is 2. The quantitative estimate of drug-likeness (QED) is 0.447. The van der Waals surface area contributed by atoms with Gasteiger partial charge in [-0.2, -0.15) is 10.2 Å². The maximum Gasteiger partial charge on any atom is 0.470 e. The third kappa shape index (κ3) is 5.52. The van der Waals surface area contributed by atoms with Crippen LogP contribution in [0, 0.1) is 11.6 Å². The zero-order valence-corrected chi connectivity index (χ0v) is 21.3. The second-order valence-electron chi connectivity index (χ2n) is 9.96. The van der Waals surface area contributed by atoms with Crippen LogP contribution in [0.25, 0.3) is 0 Å². The third-order valence-corrected chi connectivity index (χ3v) is 8.07. The van der Waals surface area contributed by atoms with Crippen molar-refractivity contribution in [2.45, 2.75) is 88.3 Å². The Morgan fingerprint density at radius 2 is 1.57 bits per heavy atom. The molecule has 0 fully saturated rings. The highest BCUT2D eigenvalue weighted by Crippen LogP contribution is 2.60. The van der Waals surface area contributed by atoms with Crippen molar-refractivity contribution in [2.75, 3.05) is 0 Å². The smallest absolute Gasteiger partial charge is 0.303 e. The lowest BCUT2D eigenvalue weighted by atomic mass is 9.82. The van der Waals surface area contributed by atoms with Gasteiger partial charge in [-0.1, -0.05) is 51.4 Å². The highest BCUT2D eigenvalue weighted by atomic mass is 31.2. The second kappa shape index (κ2) is 10.7. The normalized spacial score (nSPS) is 25.2. The van der Waals surface area contributed by atoms with Gasteiger partial charge < -0.3 is 9.79 Å². The fourth-order valence-electron chi connectivity index (χ4n) is 5.94. The van der Waals surface area contributed by atoms with Crippen LogP contribution in [0.3, 0.4) is 0 Å². The highest BCUT2D eigenvalue weighted by molar-refractivity contribution is 7.46. The molecule has 2 aliphatic carbocycles. The van der Waals surface area contributed by atoms with Gasteiger partial charge in [0.15, 0.2) is 0 Å². The minimum absolute atomic E-state index is 0.0527. The van der Waals surface area contributed by atoms with Gasteiger partial charge in [-0.05, 0) is 24.0 Å². The molecule has 13 heteroatoms. The van der Waals surface area contributed by atoms with Crippen LogP contribution in [0.4, 0.5) is 8.78 Å². The van der Waals surface area contributed by atoms with Crippen molar-refractivity contribution in [3.8, 4) is 0 Å². The Bertz CT molecular complexity index is 1250. The standard InChI is InChI=1S/C24H31F2N6O4P/c25-18-11-19(26)23-22-17(21(18)22)9-7-5-3-1-2-4-6-8-10-20(32-16-28-14-30-32)24(23,36-37(33,34)35)12-31-15-27-13-29-31/h11,13-17,20H,1-10,12H2,(H2,33,34,35). The molecule has 3 aromatic rings. The molecule has 10 nitrogen and oxygen atoms in total. The van der Waals surface area contributed by atoms with E-state index in [1.807, 2.05) is 0 Å². The monoisotopic (exact) mass is 536 g/mol. The average Bonchev–Trinajstić information content (AvgIpc) is 3.19. The Morgan fingerprint density at radius 1 is 0.919 bits per heavy atom. The van der Waals surface area contributed by atoms with Crippen molar-refractivity contribution < 1.29 is 27.7 Å². The molecule has 2 N–H and O–H groups in total. The summed E-state index contributed by atoms with van der Waals surface area (Å²) in [6, 6.07) is -0.0725. The topological polar surface area (TPSA) is 128 Å². The fourth-order valence-corrected chi connectivity index (χ4v) is 6.63.